The van der Waals surface area contributed by atoms with Gasteiger partial charge in [-0.15, -0.1) is 0 Å². The van der Waals surface area contributed by atoms with Crippen molar-refractivity contribution in [3.8, 4) is 0 Å². The number of hydrogen-bond acceptors (Lipinski definition) is 3. The molecule has 3 aromatic carbocycles. The number of hydrogen-bond donors (Lipinski definition) is 0. The molecule has 4 heteroatoms. The van der Waals surface area contributed by atoms with E-state index in [1.165, 1.54) is 10.4 Å². The van der Waals surface area contributed by atoms with E-state index in [0.717, 1.165) is 12.0 Å². The topological polar surface area (TPSA) is 27.7 Å². The van der Waals surface area contributed by atoms with Gasteiger partial charge < -0.3 is 13.9 Å². The zero-order chi connectivity index (χ0) is 22.7. The van der Waals surface area contributed by atoms with Crippen LogP contribution in [0.15, 0.2) is 91.0 Å². The van der Waals surface area contributed by atoms with Gasteiger partial charge in [0.05, 0.1) is 6.61 Å². The molecule has 0 spiro atoms. The molecule has 167 valence electrons. The van der Waals surface area contributed by atoms with Gasteiger partial charge in [0.1, 0.15) is 5.60 Å². The van der Waals surface area contributed by atoms with Crippen LogP contribution in [0.1, 0.15) is 32.8 Å². The van der Waals surface area contributed by atoms with E-state index < -0.39 is 13.9 Å². The van der Waals surface area contributed by atoms with Gasteiger partial charge in [-0.2, -0.15) is 0 Å². The maximum Gasteiger partial charge on any atom is 0.261 e. The minimum Gasteiger partial charge on any atom is -0.404 e. The summed E-state index contributed by atoms with van der Waals surface area (Å²) in [5, 5.41) is 2.44. The highest BCUT2D eigenvalue weighted by atomic mass is 28.4. The van der Waals surface area contributed by atoms with Gasteiger partial charge in [-0.05, 0) is 21.0 Å². The molecule has 0 N–H and O–H groups in total. The SMILES string of the molecule is COC1C[CH]C(CO[Si](c2ccccc2)(c2ccccc2)C(C)(C)C)(c2ccccc2)O1. The maximum absolute atomic E-state index is 7.23. The molecule has 0 bridgehead atoms. The van der Waals surface area contributed by atoms with Crippen molar-refractivity contribution in [1.82, 2.24) is 0 Å². The molecule has 1 aliphatic heterocycles. The lowest BCUT2D eigenvalue weighted by Gasteiger charge is -2.45. The molecule has 3 aromatic rings. The Labute approximate surface area is 193 Å². The average molecular weight is 446 g/mol. The van der Waals surface area contributed by atoms with Crippen molar-refractivity contribution in [2.24, 2.45) is 0 Å². The largest absolute Gasteiger partial charge is 0.404 e. The van der Waals surface area contributed by atoms with E-state index in [9.17, 15) is 0 Å². The molecule has 1 saturated heterocycles. The van der Waals surface area contributed by atoms with E-state index in [1.807, 2.05) is 6.07 Å². The molecule has 4 rings (SSSR count). The van der Waals surface area contributed by atoms with Gasteiger partial charge in [0.2, 0.25) is 0 Å². The van der Waals surface area contributed by atoms with Gasteiger partial charge in [0, 0.05) is 20.0 Å². The van der Waals surface area contributed by atoms with Crippen LogP contribution in [0.5, 0.6) is 0 Å². The highest BCUT2D eigenvalue weighted by Crippen LogP contribution is 2.42. The first-order valence-electron chi connectivity index (χ1n) is 11.3. The fourth-order valence-corrected chi connectivity index (χ4v) is 9.41. The first kappa shape index (κ1) is 22.9. The standard InChI is InChI=1S/C28H33O3Si/c1-27(2,3)32(24-16-10-6-11-17-24,25-18-12-7-13-19-25)30-22-28(21-20-26(29-4)31-28)23-14-8-5-9-15-23/h5-19,21,26H,20,22H2,1-4H3. The van der Waals surface area contributed by atoms with E-state index in [-0.39, 0.29) is 11.3 Å². The van der Waals surface area contributed by atoms with Gasteiger partial charge in [-0.1, -0.05) is 112 Å². The Kier molecular flexibility index (Phi) is 6.68. The second kappa shape index (κ2) is 9.32. The van der Waals surface area contributed by atoms with Crippen molar-refractivity contribution >= 4 is 18.7 Å². The van der Waals surface area contributed by atoms with Gasteiger partial charge in [0.15, 0.2) is 6.29 Å². The van der Waals surface area contributed by atoms with E-state index in [2.05, 4.69) is 112 Å². The molecule has 3 nitrogen and oxygen atoms in total. The van der Waals surface area contributed by atoms with Crippen LogP contribution in [0.4, 0.5) is 0 Å². The van der Waals surface area contributed by atoms with E-state index in [1.54, 1.807) is 7.11 Å². The molecule has 0 amide bonds. The molecule has 0 aromatic heterocycles. The van der Waals surface area contributed by atoms with E-state index in [4.69, 9.17) is 13.9 Å². The predicted molar refractivity (Wildman–Crippen MR) is 132 cm³/mol. The lowest BCUT2D eigenvalue weighted by atomic mass is 9.92. The van der Waals surface area contributed by atoms with E-state index >= 15 is 0 Å². The highest BCUT2D eigenvalue weighted by molar-refractivity contribution is 6.99. The Morgan fingerprint density at radius 1 is 0.844 bits per heavy atom. The Morgan fingerprint density at radius 2 is 1.34 bits per heavy atom. The van der Waals surface area contributed by atoms with Crippen molar-refractivity contribution in [2.75, 3.05) is 13.7 Å². The zero-order valence-corrected chi connectivity index (χ0v) is 20.5. The molecule has 1 aliphatic rings. The fraction of sp³-hybridized carbons (Fsp3) is 0.321. The molecule has 1 fully saturated rings. The predicted octanol–water partition coefficient (Wildman–Crippen LogP) is 5.06. The Morgan fingerprint density at radius 3 is 1.78 bits per heavy atom. The lowest BCUT2D eigenvalue weighted by Crippen LogP contribution is -2.67. The summed E-state index contributed by atoms with van der Waals surface area (Å²) in [7, 11) is -0.973. The van der Waals surface area contributed by atoms with Crippen LogP contribution >= 0.6 is 0 Å². The van der Waals surface area contributed by atoms with Crippen molar-refractivity contribution in [3.63, 3.8) is 0 Å². The minimum atomic E-state index is -2.67. The Hall–Kier alpha value is -2.24. The smallest absolute Gasteiger partial charge is 0.261 e. The van der Waals surface area contributed by atoms with Gasteiger partial charge in [-0.25, -0.2) is 0 Å². The highest BCUT2D eigenvalue weighted by Gasteiger charge is 2.53. The molecule has 1 radical (unpaired) electrons. The summed E-state index contributed by atoms with van der Waals surface area (Å²) in [6.07, 6.45) is 2.68. The van der Waals surface area contributed by atoms with Crippen LogP contribution in [-0.2, 0) is 19.5 Å². The number of rotatable bonds is 7. The number of ether oxygens (including phenoxy) is 2. The fourth-order valence-electron chi connectivity index (χ4n) is 4.82. The Bertz CT molecular complexity index is 946. The monoisotopic (exact) mass is 445 g/mol. The summed E-state index contributed by atoms with van der Waals surface area (Å²) in [4.78, 5) is 0. The second-order valence-electron chi connectivity index (χ2n) is 9.43. The number of methoxy groups -OCH3 is 1. The third kappa shape index (κ3) is 4.20. The molecule has 0 saturated carbocycles. The van der Waals surface area contributed by atoms with E-state index in [0.29, 0.717) is 6.61 Å². The number of benzene rings is 3. The normalized spacial score (nSPS) is 21.6. The molecular formula is C28H33O3Si. The second-order valence-corrected chi connectivity index (χ2v) is 13.7. The molecule has 32 heavy (non-hydrogen) atoms. The summed E-state index contributed by atoms with van der Waals surface area (Å²) in [6.45, 7) is 7.33. The molecule has 2 atom stereocenters. The molecule has 1 heterocycles. The van der Waals surface area contributed by atoms with Crippen LogP contribution < -0.4 is 10.4 Å². The van der Waals surface area contributed by atoms with Crippen molar-refractivity contribution in [2.45, 2.75) is 44.1 Å². The first-order valence-corrected chi connectivity index (χ1v) is 13.2. The van der Waals surface area contributed by atoms with Crippen LogP contribution in [0.2, 0.25) is 5.04 Å². The van der Waals surface area contributed by atoms with Gasteiger partial charge in [-0.3, -0.25) is 0 Å². The van der Waals surface area contributed by atoms with Crippen LogP contribution in [0.25, 0.3) is 0 Å². The van der Waals surface area contributed by atoms with Crippen molar-refractivity contribution in [3.05, 3.63) is 103 Å². The first-order chi connectivity index (χ1) is 15.4. The molecule has 0 aliphatic carbocycles. The average Bonchev–Trinajstić information content (AvgIpc) is 3.25. The summed E-state index contributed by atoms with van der Waals surface area (Å²) in [5.74, 6) is 0. The van der Waals surface area contributed by atoms with Crippen LogP contribution in [-0.4, -0.2) is 28.3 Å². The maximum atomic E-state index is 7.23. The van der Waals surface area contributed by atoms with Crippen LogP contribution in [0.3, 0.4) is 0 Å². The van der Waals surface area contributed by atoms with Crippen molar-refractivity contribution < 1.29 is 13.9 Å². The Balaban J connectivity index is 1.81. The quantitative estimate of drug-likeness (QED) is 0.476. The summed E-state index contributed by atoms with van der Waals surface area (Å²) in [5.41, 5.74) is 0.451. The van der Waals surface area contributed by atoms with Gasteiger partial charge >= 0.3 is 0 Å². The minimum absolute atomic E-state index is 0.0904. The van der Waals surface area contributed by atoms with Crippen LogP contribution in [0, 0.1) is 6.42 Å². The summed E-state index contributed by atoms with van der Waals surface area (Å²) in [6, 6.07) is 31.8. The summed E-state index contributed by atoms with van der Waals surface area (Å²) >= 11 is 0. The summed E-state index contributed by atoms with van der Waals surface area (Å²) < 4.78 is 19.3. The lowest BCUT2D eigenvalue weighted by molar-refractivity contribution is -0.164. The third-order valence-electron chi connectivity index (χ3n) is 6.43. The van der Waals surface area contributed by atoms with Crippen molar-refractivity contribution in [1.29, 1.82) is 0 Å². The van der Waals surface area contributed by atoms with Gasteiger partial charge in [0.25, 0.3) is 8.32 Å². The third-order valence-corrected chi connectivity index (χ3v) is 11.4. The molecule has 2 unspecified atom stereocenters. The zero-order valence-electron chi connectivity index (χ0n) is 19.5. The molecular weight excluding hydrogens is 412 g/mol.